The quantitative estimate of drug-likeness (QED) is 0.844. The Balaban J connectivity index is 1.86. The summed E-state index contributed by atoms with van der Waals surface area (Å²) >= 11 is 0. The average Bonchev–Trinajstić information content (AvgIpc) is 3.13. The molecule has 1 saturated carbocycles. The third-order valence-electron chi connectivity index (χ3n) is 4.39. The predicted molar refractivity (Wildman–Crippen MR) is 85.7 cm³/mol. The van der Waals surface area contributed by atoms with Gasteiger partial charge in [0.25, 0.3) is 0 Å². The van der Waals surface area contributed by atoms with E-state index in [1.165, 1.54) is 9.47 Å². The van der Waals surface area contributed by atoms with Gasteiger partial charge in [-0.2, -0.15) is 0 Å². The molecule has 0 spiro atoms. The lowest BCUT2D eigenvalue weighted by atomic mass is 10.2. The smallest absolute Gasteiger partial charge is 0.326 e. The number of nitrogens with zero attached hydrogens (tertiary/aromatic N) is 2. The third-order valence-corrected chi connectivity index (χ3v) is 4.39. The number of imidazole rings is 1. The molecule has 0 atom stereocenters. The molecule has 1 aliphatic carbocycles. The Hall–Kier alpha value is -2.57. The fourth-order valence-corrected chi connectivity index (χ4v) is 3.29. The SMILES string of the molecule is NC(=O)CN(C(=O)Cn1c(=O)[nH]c2ccccc21)C1CCCC1. The number of rotatable bonds is 5. The first-order valence-corrected chi connectivity index (χ1v) is 7.81. The van der Waals surface area contributed by atoms with E-state index >= 15 is 0 Å². The monoisotopic (exact) mass is 316 g/mol. The molecular formula is C16H20N4O3. The molecule has 1 fully saturated rings. The van der Waals surface area contributed by atoms with Crippen LogP contribution in [0.15, 0.2) is 29.1 Å². The van der Waals surface area contributed by atoms with Crippen LogP contribution in [0.4, 0.5) is 0 Å². The minimum absolute atomic E-state index is 0.0379. The Labute approximate surface area is 133 Å². The minimum atomic E-state index is -0.531. The lowest BCUT2D eigenvalue weighted by Gasteiger charge is -2.27. The molecular weight excluding hydrogens is 296 g/mol. The van der Waals surface area contributed by atoms with E-state index in [2.05, 4.69) is 4.98 Å². The Bertz CT molecular complexity index is 786. The van der Waals surface area contributed by atoms with Crippen molar-refractivity contribution in [1.82, 2.24) is 14.5 Å². The molecule has 0 aliphatic heterocycles. The number of hydrogen-bond acceptors (Lipinski definition) is 3. The first kappa shape index (κ1) is 15.3. The van der Waals surface area contributed by atoms with E-state index in [-0.39, 0.29) is 30.7 Å². The Kier molecular flexibility index (Phi) is 4.18. The van der Waals surface area contributed by atoms with Crippen LogP contribution in [0.3, 0.4) is 0 Å². The summed E-state index contributed by atoms with van der Waals surface area (Å²) in [6.45, 7) is -0.187. The Morgan fingerprint density at radius 1 is 1.26 bits per heavy atom. The number of carbonyl (C=O) groups is 2. The van der Waals surface area contributed by atoms with Crippen molar-refractivity contribution in [2.24, 2.45) is 5.73 Å². The third kappa shape index (κ3) is 3.13. The highest BCUT2D eigenvalue weighted by Gasteiger charge is 2.28. The van der Waals surface area contributed by atoms with Crippen molar-refractivity contribution < 1.29 is 9.59 Å². The largest absolute Gasteiger partial charge is 0.368 e. The molecule has 1 heterocycles. The number of aromatic amines is 1. The molecule has 2 amide bonds. The molecule has 1 aromatic carbocycles. The summed E-state index contributed by atoms with van der Waals surface area (Å²) in [7, 11) is 0. The van der Waals surface area contributed by atoms with Crippen LogP contribution in [0.2, 0.25) is 0 Å². The van der Waals surface area contributed by atoms with Crippen LogP contribution in [-0.4, -0.2) is 38.9 Å². The number of H-pyrrole nitrogens is 1. The standard InChI is InChI=1S/C16H20N4O3/c17-14(21)9-19(11-5-1-2-6-11)15(22)10-20-13-8-4-3-7-12(13)18-16(20)23/h3-4,7-8,11H,1-2,5-6,9-10H2,(H2,17,21)(H,18,23). The van der Waals surface area contributed by atoms with Crippen molar-refractivity contribution in [2.45, 2.75) is 38.3 Å². The second-order valence-electron chi connectivity index (χ2n) is 5.96. The number of fused-ring (bicyclic) bond motifs is 1. The van der Waals surface area contributed by atoms with Crippen LogP contribution in [0, 0.1) is 0 Å². The van der Waals surface area contributed by atoms with Gasteiger partial charge in [0.15, 0.2) is 0 Å². The zero-order chi connectivity index (χ0) is 16.4. The Morgan fingerprint density at radius 2 is 1.96 bits per heavy atom. The maximum atomic E-state index is 12.7. The number of primary amides is 1. The van der Waals surface area contributed by atoms with Crippen molar-refractivity contribution >= 4 is 22.8 Å². The first-order chi connectivity index (χ1) is 11.1. The molecule has 3 N–H and O–H groups in total. The van der Waals surface area contributed by atoms with Crippen molar-refractivity contribution in [3.63, 3.8) is 0 Å². The topological polar surface area (TPSA) is 101 Å². The van der Waals surface area contributed by atoms with Crippen molar-refractivity contribution in [3.05, 3.63) is 34.7 Å². The number of hydrogen-bond donors (Lipinski definition) is 2. The van der Waals surface area contributed by atoms with E-state index in [9.17, 15) is 14.4 Å². The number of benzene rings is 1. The van der Waals surface area contributed by atoms with Gasteiger partial charge in [-0.25, -0.2) is 4.79 Å². The molecule has 2 aromatic rings. The molecule has 1 aromatic heterocycles. The number of para-hydroxylation sites is 2. The number of nitrogens with two attached hydrogens (primary N) is 1. The molecule has 0 bridgehead atoms. The van der Waals surface area contributed by atoms with E-state index in [1.54, 1.807) is 12.1 Å². The summed E-state index contributed by atoms with van der Waals surface area (Å²) in [5, 5.41) is 0. The molecule has 3 rings (SSSR count). The first-order valence-electron chi connectivity index (χ1n) is 7.81. The van der Waals surface area contributed by atoms with Crippen molar-refractivity contribution in [1.29, 1.82) is 0 Å². The second-order valence-corrected chi connectivity index (χ2v) is 5.96. The van der Waals surface area contributed by atoms with E-state index < -0.39 is 5.91 Å². The fraction of sp³-hybridized carbons (Fsp3) is 0.438. The van der Waals surface area contributed by atoms with Gasteiger partial charge in [-0.3, -0.25) is 14.2 Å². The van der Waals surface area contributed by atoms with Crippen LogP contribution in [0.25, 0.3) is 11.0 Å². The number of aromatic nitrogens is 2. The van der Waals surface area contributed by atoms with Gasteiger partial charge in [0.05, 0.1) is 17.6 Å². The van der Waals surface area contributed by atoms with Gasteiger partial charge in [-0.15, -0.1) is 0 Å². The average molecular weight is 316 g/mol. The maximum Gasteiger partial charge on any atom is 0.326 e. The van der Waals surface area contributed by atoms with Gasteiger partial charge in [-0.05, 0) is 25.0 Å². The van der Waals surface area contributed by atoms with Gasteiger partial charge in [0.2, 0.25) is 11.8 Å². The molecule has 23 heavy (non-hydrogen) atoms. The van der Waals surface area contributed by atoms with Crippen LogP contribution in [0.5, 0.6) is 0 Å². The Morgan fingerprint density at radius 3 is 2.65 bits per heavy atom. The zero-order valence-electron chi connectivity index (χ0n) is 12.8. The van der Waals surface area contributed by atoms with Gasteiger partial charge in [0.1, 0.15) is 6.54 Å². The van der Waals surface area contributed by atoms with E-state index in [1.807, 2.05) is 12.1 Å². The molecule has 0 unspecified atom stereocenters. The molecule has 0 radical (unpaired) electrons. The van der Waals surface area contributed by atoms with Crippen LogP contribution in [0.1, 0.15) is 25.7 Å². The van der Waals surface area contributed by atoms with Crippen molar-refractivity contribution in [3.8, 4) is 0 Å². The highest BCUT2D eigenvalue weighted by molar-refractivity contribution is 5.85. The molecule has 7 nitrogen and oxygen atoms in total. The van der Waals surface area contributed by atoms with E-state index in [4.69, 9.17) is 5.73 Å². The van der Waals surface area contributed by atoms with Gasteiger partial charge < -0.3 is 15.6 Å². The molecule has 122 valence electrons. The zero-order valence-corrected chi connectivity index (χ0v) is 12.8. The molecule has 0 saturated heterocycles. The predicted octanol–water partition coefficient (Wildman–Crippen LogP) is 0.586. The van der Waals surface area contributed by atoms with Crippen LogP contribution < -0.4 is 11.4 Å². The van der Waals surface area contributed by atoms with Crippen molar-refractivity contribution in [2.75, 3.05) is 6.54 Å². The van der Waals surface area contributed by atoms with Gasteiger partial charge >= 0.3 is 5.69 Å². The summed E-state index contributed by atoms with van der Waals surface area (Å²) in [6, 6.07) is 7.25. The molecule has 1 aliphatic rings. The lowest BCUT2D eigenvalue weighted by Crippen LogP contribution is -2.46. The maximum absolute atomic E-state index is 12.7. The van der Waals surface area contributed by atoms with Crippen LogP contribution >= 0.6 is 0 Å². The number of nitrogens with one attached hydrogen (secondary N) is 1. The summed E-state index contributed by atoms with van der Waals surface area (Å²) in [4.78, 5) is 40.3. The molecule has 7 heteroatoms. The summed E-state index contributed by atoms with van der Waals surface area (Å²) in [5.41, 5.74) is 6.32. The van der Waals surface area contributed by atoms with Gasteiger partial charge in [0, 0.05) is 6.04 Å². The highest BCUT2D eigenvalue weighted by Crippen LogP contribution is 2.23. The van der Waals surface area contributed by atoms with Crippen LogP contribution in [-0.2, 0) is 16.1 Å². The number of carbonyl (C=O) groups excluding carboxylic acids is 2. The van der Waals surface area contributed by atoms with E-state index in [0.717, 1.165) is 25.7 Å². The van der Waals surface area contributed by atoms with E-state index in [0.29, 0.717) is 11.0 Å². The summed E-state index contributed by atoms with van der Waals surface area (Å²) in [6.07, 6.45) is 3.84. The minimum Gasteiger partial charge on any atom is -0.368 e. The number of amides is 2. The second kappa shape index (κ2) is 6.28. The fourth-order valence-electron chi connectivity index (χ4n) is 3.29. The summed E-state index contributed by atoms with van der Waals surface area (Å²) < 4.78 is 1.40. The normalized spacial score (nSPS) is 15.1. The highest BCUT2D eigenvalue weighted by atomic mass is 16.2. The van der Waals surface area contributed by atoms with Gasteiger partial charge in [-0.1, -0.05) is 25.0 Å². The lowest BCUT2D eigenvalue weighted by molar-refractivity contribution is -0.138. The summed E-state index contributed by atoms with van der Waals surface area (Å²) in [5.74, 6) is -0.779.